The van der Waals surface area contributed by atoms with E-state index in [0.29, 0.717) is 24.5 Å². The first kappa shape index (κ1) is 28.8. The Morgan fingerprint density at radius 3 is 2.22 bits per heavy atom. The highest BCUT2D eigenvalue weighted by atomic mass is 28.3. The Kier molecular flexibility index (Phi) is 7.67. The van der Waals surface area contributed by atoms with E-state index in [1.807, 2.05) is 62.4 Å². The summed E-state index contributed by atoms with van der Waals surface area (Å²) in [7, 11) is -1.74. The van der Waals surface area contributed by atoms with Crippen molar-refractivity contribution in [2.75, 3.05) is 13.1 Å². The van der Waals surface area contributed by atoms with E-state index in [9.17, 15) is 14.4 Å². The van der Waals surface area contributed by atoms with Crippen molar-refractivity contribution in [3.8, 4) is 0 Å². The van der Waals surface area contributed by atoms with Gasteiger partial charge in [-0.2, -0.15) is 0 Å². The van der Waals surface area contributed by atoms with Crippen molar-refractivity contribution >= 4 is 31.8 Å². The first-order valence-corrected chi connectivity index (χ1v) is 17.9. The molecule has 0 unspecified atom stereocenters. The maximum atomic E-state index is 13.8. The van der Waals surface area contributed by atoms with Gasteiger partial charge in [0.15, 0.2) is 6.04 Å². The maximum Gasteiger partial charge on any atom is 0.333 e. The summed E-state index contributed by atoms with van der Waals surface area (Å²) in [6.07, 6.45) is 2.93. The van der Waals surface area contributed by atoms with Crippen molar-refractivity contribution in [3.05, 3.63) is 82.9 Å². The van der Waals surface area contributed by atoms with Gasteiger partial charge in [-0.05, 0) is 43.4 Å². The van der Waals surface area contributed by atoms with E-state index in [1.165, 1.54) is 0 Å². The van der Waals surface area contributed by atoms with Gasteiger partial charge in [0.05, 0.1) is 26.7 Å². The monoisotopic (exact) mass is 572 g/mol. The Hall–Kier alpha value is -3.72. The second-order valence-corrected chi connectivity index (χ2v) is 18.3. The van der Waals surface area contributed by atoms with Crippen LogP contribution in [0, 0.1) is 0 Å². The highest BCUT2D eigenvalue weighted by molar-refractivity contribution is 6.82. The fraction of sp³-hybridized carbons (Fsp3) is 0.438. The number of benzene rings is 2. The molecule has 1 atom stereocenters. The molecule has 0 aromatic heterocycles. The van der Waals surface area contributed by atoms with E-state index in [4.69, 9.17) is 4.74 Å². The van der Waals surface area contributed by atoms with Gasteiger partial charge in [0.25, 0.3) is 0 Å². The normalized spacial score (nSPS) is 19.5. The van der Waals surface area contributed by atoms with Gasteiger partial charge in [0.2, 0.25) is 5.91 Å². The highest BCUT2D eigenvalue weighted by Gasteiger charge is 2.54. The van der Waals surface area contributed by atoms with Gasteiger partial charge < -0.3 is 20.3 Å². The van der Waals surface area contributed by atoms with E-state index in [0.717, 1.165) is 36.0 Å². The summed E-state index contributed by atoms with van der Waals surface area (Å²) in [4.78, 5) is 47.0. The van der Waals surface area contributed by atoms with Crippen molar-refractivity contribution in [3.63, 3.8) is 0 Å². The number of aliphatic imine (C=N–C) groups is 1. The number of hydrogen-bond acceptors (Lipinski definition) is 5. The number of nitrogens with zero attached hydrogens (tertiary/aromatic N) is 2. The Balaban J connectivity index is 1.30. The number of esters is 1. The van der Waals surface area contributed by atoms with Crippen LogP contribution < -0.4 is 10.6 Å². The summed E-state index contributed by atoms with van der Waals surface area (Å²) in [6.45, 7) is 11.6. The van der Waals surface area contributed by atoms with Crippen molar-refractivity contribution in [2.45, 2.75) is 76.0 Å². The molecule has 0 radical (unpaired) electrons. The number of carbonyl (C=O) groups is 3. The van der Waals surface area contributed by atoms with E-state index in [2.05, 4.69) is 35.3 Å². The van der Waals surface area contributed by atoms with Crippen LogP contribution in [0.2, 0.25) is 24.7 Å². The Labute approximate surface area is 243 Å². The van der Waals surface area contributed by atoms with Crippen LogP contribution in [0.1, 0.15) is 50.3 Å². The predicted molar refractivity (Wildman–Crippen MR) is 162 cm³/mol. The molecule has 9 heteroatoms. The molecule has 0 bridgehead atoms. The molecule has 2 aliphatic heterocycles. The number of carbonyl (C=O) groups excluding carboxylic acids is 3. The summed E-state index contributed by atoms with van der Waals surface area (Å²) < 4.78 is 5.62. The molecule has 2 aromatic rings. The Morgan fingerprint density at radius 2 is 1.63 bits per heavy atom. The van der Waals surface area contributed by atoms with Crippen molar-refractivity contribution < 1.29 is 19.1 Å². The number of amides is 3. The first-order chi connectivity index (χ1) is 19.4. The average molecular weight is 573 g/mol. The van der Waals surface area contributed by atoms with Crippen LogP contribution in [-0.4, -0.2) is 55.3 Å². The lowest BCUT2D eigenvalue weighted by Crippen LogP contribution is -2.55. The third-order valence-corrected chi connectivity index (χ3v) is 12.8. The first-order valence-electron chi connectivity index (χ1n) is 14.4. The van der Waals surface area contributed by atoms with Crippen molar-refractivity contribution in [1.29, 1.82) is 0 Å². The Morgan fingerprint density at radius 1 is 1.00 bits per heavy atom. The number of amidine groups is 1. The van der Waals surface area contributed by atoms with E-state index in [1.54, 1.807) is 17.0 Å². The smallest absolute Gasteiger partial charge is 0.333 e. The molecule has 2 N–H and O–H groups in total. The van der Waals surface area contributed by atoms with E-state index >= 15 is 0 Å². The average Bonchev–Trinajstić information content (AvgIpc) is 3.42. The summed E-state index contributed by atoms with van der Waals surface area (Å²) in [5, 5.41) is 5.84. The number of hydrogen-bond donors (Lipinski definition) is 2. The summed E-state index contributed by atoms with van der Waals surface area (Å²) in [5.41, 5.74) is 2.78. The Bertz CT molecular complexity index is 1390. The van der Waals surface area contributed by atoms with Crippen LogP contribution in [-0.2, 0) is 20.9 Å². The molecule has 1 fully saturated rings. The van der Waals surface area contributed by atoms with Crippen molar-refractivity contribution in [1.82, 2.24) is 15.5 Å². The molecule has 8 nitrogen and oxygen atoms in total. The summed E-state index contributed by atoms with van der Waals surface area (Å²) in [5.74, 6) is 0.124. The number of urea groups is 1. The third-order valence-electron chi connectivity index (χ3n) is 9.19. The molecule has 0 spiro atoms. The maximum absolute atomic E-state index is 13.8. The van der Waals surface area contributed by atoms with Crippen LogP contribution in [0.3, 0.4) is 0 Å². The molecule has 5 rings (SSSR count). The standard InChI is InChI=1S/C32H40N4O4Si/c1-31(2)25-19-33-27(35-29(38)32(17-12-18-32)41(3,4)5)24(25)20-36(31)30(39)34-26(23-15-10-7-11-16-23)28(37)40-21-22-13-8-6-9-14-22/h6-11,13-16,26H,12,17-21H2,1-5H3,(H,34,39)(H,33,35,38)/t26-/m0/s1. The summed E-state index contributed by atoms with van der Waals surface area (Å²) in [6, 6.07) is 17.2. The molecule has 2 heterocycles. The fourth-order valence-electron chi connectivity index (χ4n) is 6.20. The molecule has 216 valence electrons. The SMILES string of the molecule is CC1(C)C2=C(CN1C(=O)N[C@H](C(=O)OCc1ccccc1)c1ccccc1)C(NC(=O)C1([Si](C)(C)C)CCC1)=NC2. The topological polar surface area (TPSA) is 100 Å². The van der Waals surface area contributed by atoms with Crippen LogP contribution in [0.4, 0.5) is 4.79 Å². The fourth-order valence-corrected chi connectivity index (χ4v) is 8.79. The lowest BCUT2D eigenvalue weighted by Gasteiger charge is -2.49. The van der Waals surface area contributed by atoms with Crippen molar-refractivity contribution in [2.24, 2.45) is 4.99 Å². The lowest BCUT2D eigenvalue weighted by atomic mass is 9.83. The number of nitrogens with one attached hydrogen (secondary N) is 2. The quantitative estimate of drug-likeness (QED) is 0.345. The van der Waals surface area contributed by atoms with Gasteiger partial charge in [-0.1, -0.05) is 86.7 Å². The molecular weight excluding hydrogens is 532 g/mol. The predicted octanol–water partition coefficient (Wildman–Crippen LogP) is 5.36. The zero-order valence-corrected chi connectivity index (χ0v) is 25.6. The molecule has 1 saturated carbocycles. The second kappa shape index (κ2) is 10.9. The van der Waals surface area contributed by atoms with Crippen LogP contribution in [0.25, 0.3) is 0 Å². The van der Waals surface area contributed by atoms with Gasteiger partial charge in [-0.15, -0.1) is 0 Å². The second-order valence-electron chi connectivity index (χ2n) is 12.8. The van der Waals surface area contributed by atoms with Gasteiger partial charge in [0, 0.05) is 10.6 Å². The third kappa shape index (κ3) is 5.35. The zero-order valence-electron chi connectivity index (χ0n) is 24.6. The van der Waals surface area contributed by atoms with Gasteiger partial charge in [-0.25, -0.2) is 9.59 Å². The van der Waals surface area contributed by atoms with Crippen LogP contribution >= 0.6 is 0 Å². The minimum absolute atomic E-state index is 0.0708. The number of rotatable bonds is 7. The van der Waals surface area contributed by atoms with E-state index < -0.39 is 25.6 Å². The molecule has 3 aliphatic rings. The largest absolute Gasteiger partial charge is 0.459 e. The van der Waals surface area contributed by atoms with Crippen LogP contribution in [0.5, 0.6) is 0 Å². The minimum Gasteiger partial charge on any atom is -0.459 e. The van der Waals surface area contributed by atoms with Crippen LogP contribution in [0.15, 0.2) is 76.8 Å². The molecule has 1 aliphatic carbocycles. The molecule has 41 heavy (non-hydrogen) atoms. The molecular formula is C32H40N4O4Si. The minimum atomic E-state index is -1.74. The molecule has 2 aromatic carbocycles. The van der Waals surface area contributed by atoms with Gasteiger partial charge >= 0.3 is 12.0 Å². The van der Waals surface area contributed by atoms with Gasteiger partial charge in [-0.3, -0.25) is 9.79 Å². The highest BCUT2D eigenvalue weighted by Crippen LogP contribution is 2.55. The molecule has 3 amide bonds. The van der Waals surface area contributed by atoms with Gasteiger partial charge in [0.1, 0.15) is 12.4 Å². The lowest BCUT2D eigenvalue weighted by molar-refractivity contribution is -0.147. The zero-order chi connectivity index (χ0) is 29.4. The van der Waals surface area contributed by atoms with E-state index in [-0.39, 0.29) is 23.6 Å². The number of ether oxygens (including phenoxy) is 1. The molecule has 0 saturated heterocycles. The summed E-state index contributed by atoms with van der Waals surface area (Å²) >= 11 is 0.